The maximum atomic E-state index is 12.9. The Balaban J connectivity index is 0.000000185. The van der Waals surface area contributed by atoms with Gasteiger partial charge in [-0.3, -0.25) is 0 Å². The van der Waals surface area contributed by atoms with Crippen molar-refractivity contribution in [2.45, 2.75) is 46.0 Å². The zero-order chi connectivity index (χ0) is 32.9. The van der Waals surface area contributed by atoms with Crippen LogP contribution in [0.4, 0.5) is 47.6 Å². The van der Waals surface area contributed by atoms with E-state index in [9.17, 15) is 13.2 Å². The van der Waals surface area contributed by atoms with Crippen LogP contribution in [0.15, 0.2) is 95.5 Å². The van der Waals surface area contributed by atoms with Crippen LogP contribution < -0.4 is 19.6 Å². The van der Waals surface area contributed by atoms with Gasteiger partial charge in [-0.15, -0.1) is 24.7 Å². The van der Waals surface area contributed by atoms with E-state index in [1.165, 1.54) is 0 Å². The molecule has 0 atom stereocenters. The second kappa shape index (κ2) is 14.5. The molecule has 258 valence electrons. The molecule has 3 aromatic carbocycles. The third kappa shape index (κ3) is 6.93. The van der Waals surface area contributed by atoms with Crippen molar-refractivity contribution >= 4 is 56.5 Å². The van der Waals surface area contributed by atoms with Crippen molar-refractivity contribution in [1.82, 2.24) is 9.97 Å². The first-order valence-corrected chi connectivity index (χ1v) is 15.3. The molecule has 0 bridgehead atoms. The van der Waals surface area contributed by atoms with Gasteiger partial charge in [0, 0.05) is 51.8 Å². The van der Waals surface area contributed by atoms with Gasteiger partial charge in [0.15, 0.2) is 0 Å². The maximum absolute atomic E-state index is 12.9. The molecule has 8 rings (SSSR count). The van der Waals surface area contributed by atoms with Crippen LogP contribution in [0.5, 0.6) is 0 Å². The number of alkyl halides is 3. The summed E-state index contributed by atoms with van der Waals surface area (Å²) in [5, 5.41) is 2.15. The first-order chi connectivity index (χ1) is 22.6. The van der Waals surface area contributed by atoms with Crippen molar-refractivity contribution < 1.29 is 57.8 Å². The smallest absolute Gasteiger partial charge is 0.417 e. The van der Waals surface area contributed by atoms with Gasteiger partial charge < -0.3 is 24.0 Å². The van der Waals surface area contributed by atoms with E-state index in [0.717, 1.165) is 51.5 Å². The fraction of sp³-hybridized carbons (Fsp3) is 0.189. The Morgan fingerprint density at radius 3 is 1.82 bits per heavy atom. The van der Waals surface area contributed by atoms with Gasteiger partial charge in [-0.2, -0.15) is 78.8 Å². The molecule has 6 aromatic rings. The van der Waals surface area contributed by atoms with E-state index < -0.39 is 11.7 Å². The van der Waals surface area contributed by atoms with Crippen LogP contribution >= 0.6 is 0 Å². The number of rotatable bonds is 4. The van der Waals surface area contributed by atoms with Crippen LogP contribution in [0, 0.1) is 25.5 Å². The summed E-state index contributed by atoms with van der Waals surface area (Å²) in [6.07, 6.45) is -3.54. The molecule has 0 spiro atoms. The molecule has 5 heterocycles. The summed E-state index contributed by atoms with van der Waals surface area (Å²) in [7, 11) is 0. The molecule has 2 aliphatic heterocycles. The van der Waals surface area contributed by atoms with E-state index in [0.29, 0.717) is 23.3 Å². The maximum Gasteiger partial charge on any atom is 0.417 e. The van der Waals surface area contributed by atoms with Crippen LogP contribution in [0.2, 0.25) is 0 Å². The van der Waals surface area contributed by atoms with E-state index in [2.05, 4.69) is 59.6 Å². The average molecular weight is 1020 g/mol. The average Bonchev–Trinajstić information content (AvgIpc) is 3.75. The number of furan rings is 1. The third-order valence-corrected chi connectivity index (χ3v) is 8.02. The minimum Gasteiger partial charge on any atom is -0.498 e. The summed E-state index contributed by atoms with van der Waals surface area (Å²) in [4.78, 5) is 16.7. The minimum atomic E-state index is -4.41. The molecule has 7 nitrogen and oxygen atoms in total. The van der Waals surface area contributed by atoms with Gasteiger partial charge >= 0.3 is 6.18 Å². The Morgan fingerprint density at radius 2 is 1.27 bits per heavy atom. The number of anilines is 6. The van der Waals surface area contributed by atoms with Gasteiger partial charge in [0.1, 0.15) is 17.2 Å². The number of benzene rings is 3. The third-order valence-electron chi connectivity index (χ3n) is 8.02. The second-order valence-electron chi connectivity index (χ2n) is 11.8. The van der Waals surface area contributed by atoms with Gasteiger partial charge in [0.25, 0.3) is 0 Å². The van der Waals surface area contributed by atoms with E-state index in [1.54, 1.807) is 22.5 Å². The predicted octanol–water partition coefficient (Wildman–Crippen LogP) is 9.65. The molecule has 2 radical (unpaired) electrons. The van der Waals surface area contributed by atoms with Crippen molar-refractivity contribution in [2.75, 3.05) is 19.6 Å². The number of hydrogen-bond donors (Lipinski definition) is 0. The number of nitrogens with zero attached hydrogens (tertiary/aromatic N) is 6. The first kappa shape index (κ1) is 36.3. The number of hydrogen-bond acceptors (Lipinski definition) is 7. The van der Waals surface area contributed by atoms with Crippen LogP contribution in [-0.2, 0) is 46.4 Å². The largest absolute Gasteiger partial charge is 0.498 e. The SMILES string of the molecule is CC(C)N1[CH-]N(c2[c-]cccc2)c2nc3oc4ccccc4c3cc21.CC(C)N1[CH-]N(c2[c-]cccc2)c2ncc(C(F)(F)F)cc21.[Ir].[Ir]. The minimum absolute atomic E-state index is 0. The summed E-state index contributed by atoms with van der Waals surface area (Å²) < 4.78 is 44.7. The van der Waals surface area contributed by atoms with Gasteiger partial charge in [-0.05, 0) is 58.0 Å². The molecular weight excluding hydrogens is 986 g/mol. The Labute approximate surface area is 310 Å². The molecule has 0 saturated carbocycles. The molecule has 0 aliphatic carbocycles. The Kier molecular flexibility index (Phi) is 10.7. The Morgan fingerprint density at radius 1 is 0.714 bits per heavy atom. The summed E-state index contributed by atoms with van der Waals surface area (Å²) in [6.45, 7) is 12.0. The van der Waals surface area contributed by atoms with E-state index in [4.69, 9.17) is 9.40 Å². The normalized spacial score (nSPS) is 13.7. The number of aromatic nitrogens is 2. The van der Waals surface area contributed by atoms with Crippen molar-refractivity contribution in [3.63, 3.8) is 0 Å². The summed E-state index contributed by atoms with van der Waals surface area (Å²) in [6, 6.07) is 33.3. The number of pyridine rings is 2. The van der Waals surface area contributed by atoms with Crippen LogP contribution in [-0.4, -0.2) is 22.1 Å². The molecule has 0 unspecified atom stereocenters. The Bertz CT molecular complexity index is 2040. The molecule has 0 amide bonds. The molecule has 3 aromatic heterocycles. The number of halogens is 3. The molecule has 12 heteroatoms. The zero-order valence-corrected chi connectivity index (χ0v) is 31.7. The van der Waals surface area contributed by atoms with Gasteiger partial charge in [-0.1, -0.05) is 18.2 Å². The number of para-hydroxylation sites is 3. The predicted molar refractivity (Wildman–Crippen MR) is 179 cm³/mol. The van der Waals surface area contributed by atoms with Gasteiger partial charge in [0.05, 0.1) is 22.3 Å². The van der Waals surface area contributed by atoms with Crippen LogP contribution in [0.3, 0.4) is 0 Å². The molecular formula is C37H31F3Ir2N6O-4. The molecule has 2 aliphatic rings. The Hall–Kier alpha value is -3.95. The van der Waals surface area contributed by atoms with Crippen molar-refractivity contribution in [2.24, 2.45) is 0 Å². The topological polar surface area (TPSA) is 51.9 Å². The van der Waals surface area contributed by atoms with E-state index >= 15 is 0 Å². The molecule has 0 fully saturated rings. The summed E-state index contributed by atoms with van der Waals surface area (Å²) in [5.74, 6) is 1.35. The second-order valence-corrected chi connectivity index (χ2v) is 11.8. The van der Waals surface area contributed by atoms with Crippen LogP contribution in [0.1, 0.15) is 33.3 Å². The van der Waals surface area contributed by atoms with Crippen LogP contribution in [0.25, 0.3) is 22.1 Å². The van der Waals surface area contributed by atoms with Crippen molar-refractivity contribution in [3.8, 4) is 0 Å². The molecule has 0 saturated heterocycles. The molecule has 49 heavy (non-hydrogen) atoms. The van der Waals surface area contributed by atoms with Gasteiger partial charge in [-0.25, -0.2) is 4.98 Å². The van der Waals surface area contributed by atoms with E-state index in [1.807, 2.05) is 74.5 Å². The quantitative estimate of drug-likeness (QED) is 0.163. The fourth-order valence-corrected chi connectivity index (χ4v) is 5.70. The summed E-state index contributed by atoms with van der Waals surface area (Å²) >= 11 is 0. The van der Waals surface area contributed by atoms with E-state index in [-0.39, 0.29) is 46.3 Å². The first-order valence-electron chi connectivity index (χ1n) is 15.3. The standard InChI is InChI=1S/C21H17N3O.C16H14F3N3.2Ir/c1-14(2)23-13-24(15-8-4-3-5-9-15)20-18(23)12-17-16-10-6-7-11-19(16)25-21(17)22-20;1-11(2)21-10-22(13-6-4-3-5-7-13)15-14(21)8-12(9-20-15)16(17,18)19;;/h3-8,10-14H,1-2H3;3-6,8-11H,1-2H3;;/q2*-2;;. The summed E-state index contributed by atoms with van der Waals surface area (Å²) in [5.41, 5.74) is 4.03. The van der Waals surface area contributed by atoms with Crippen molar-refractivity contribution in [1.29, 1.82) is 0 Å². The number of fused-ring (bicyclic) bond motifs is 5. The monoisotopic (exact) mass is 1020 g/mol. The fourth-order valence-electron chi connectivity index (χ4n) is 5.70. The van der Waals surface area contributed by atoms with Gasteiger partial charge in [0.2, 0.25) is 5.71 Å². The molecule has 0 N–H and O–H groups in total. The van der Waals surface area contributed by atoms with Crippen molar-refractivity contribution in [3.05, 3.63) is 122 Å². The zero-order valence-electron chi connectivity index (χ0n) is 26.9.